The second kappa shape index (κ2) is 7.39. The first-order chi connectivity index (χ1) is 12.0. The number of benzene rings is 3. The van der Waals surface area contributed by atoms with Gasteiger partial charge in [0.25, 0.3) is 5.91 Å². The molecule has 128 valence electrons. The van der Waals surface area contributed by atoms with Gasteiger partial charge < -0.3 is 10.1 Å². The molecule has 0 saturated heterocycles. The Hall–Kier alpha value is -2.81. The zero-order valence-corrected chi connectivity index (χ0v) is 14.9. The monoisotopic (exact) mass is 333 g/mol. The molecule has 0 fully saturated rings. The van der Waals surface area contributed by atoms with E-state index in [2.05, 4.69) is 23.5 Å². The number of carbonyl (C=O) groups is 1. The number of hydrogen-bond donors (Lipinski definition) is 1. The summed E-state index contributed by atoms with van der Waals surface area (Å²) in [5.74, 6) is 0.640. The van der Waals surface area contributed by atoms with Gasteiger partial charge in [0.15, 0.2) is 6.10 Å². The van der Waals surface area contributed by atoms with Crippen molar-refractivity contribution in [2.75, 3.05) is 0 Å². The Morgan fingerprint density at radius 2 is 1.80 bits per heavy atom. The first kappa shape index (κ1) is 17.0. The Kier molecular flexibility index (Phi) is 5.03. The number of ether oxygens (including phenoxy) is 1. The second-order valence-electron chi connectivity index (χ2n) is 6.39. The minimum atomic E-state index is -0.546. The van der Waals surface area contributed by atoms with Gasteiger partial charge in [-0.15, -0.1) is 0 Å². The summed E-state index contributed by atoms with van der Waals surface area (Å²) in [6.07, 6.45) is -0.546. The van der Waals surface area contributed by atoms with E-state index in [1.807, 2.05) is 56.3 Å². The summed E-state index contributed by atoms with van der Waals surface area (Å²) in [4.78, 5) is 12.4. The molecule has 1 unspecified atom stereocenters. The molecule has 0 bridgehead atoms. The molecular formula is C22H23NO2. The fourth-order valence-corrected chi connectivity index (χ4v) is 2.85. The third kappa shape index (κ3) is 4.00. The standard InChI is InChI=1S/C22H23NO2/c1-15-11-12-16(2)21(13-15)25-17(3)22(24)23-14-19-9-6-8-18-7-4-5-10-20(18)19/h4-13,17H,14H2,1-3H3,(H,23,24). The molecule has 0 spiro atoms. The number of aryl methyl sites for hydroxylation is 2. The van der Waals surface area contributed by atoms with Gasteiger partial charge in [-0.1, -0.05) is 54.6 Å². The van der Waals surface area contributed by atoms with Gasteiger partial charge in [0, 0.05) is 6.54 Å². The average Bonchev–Trinajstić information content (AvgIpc) is 2.62. The Bertz CT molecular complexity index is 896. The van der Waals surface area contributed by atoms with Crippen molar-refractivity contribution >= 4 is 16.7 Å². The maximum absolute atomic E-state index is 12.4. The lowest BCUT2D eigenvalue weighted by Gasteiger charge is -2.17. The predicted octanol–water partition coefficient (Wildman–Crippen LogP) is 4.54. The van der Waals surface area contributed by atoms with Gasteiger partial charge in [0.2, 0.25) is 0 Å². The molecule has 1 N–H and O–H groups in total. The summed E-state index contributed by atoms with van der Waals surface area (Å²) in [7, 11) is 0. The minimum absolute atomic E-state index is 0.117. The van der Waals surface area contributed by atoms with Gasteiger partial charge >= 0.3 is 0 Å². The predicted molar refractivity (Wildman–Crippen MR) is 102 cm³/mol. The number of fused-ring (bicyclic) bond motifs is 1. The van der Waals surface area contributed by atoms with Crippen LogP contribution >= 0.6 is 0 Å². The number of rotatable bonds is 5. The van der Waals surface area contributed by atoms with E-state index >= 15 is 0 Å². The van der Waals surface area contributed by atoms with E-state index in [1.54, 1.807) is 6.92 Å². The van der Waals surface area contributed by atoms with Crippen molar-refractivity contribution in [2.45, 2.75) is 33.4 Å². The molecule has 3 rings (SSSR count). The number of nitrogens with one attached hydrogen (secondary N) is 1. The first-order valence-corrected chi connectivity index (χ1v) is 8.53. The molecule has 1 atom stereocenters. The highest BCUT2D eigenvalue weighted by atomic mass is 16.5. The molecule has 3 heteroatoms. The quantitative estimate of drug-likeness (QED) is 0.744. The van der Waals surface area contributed by atoms with Crippen LogP contribution in [0.4, 0.5) is 0 Å². The zero-order valence-electron chi connectivity index (χ0n) is 14.9. The summed E-state index contributed by atoms with van der Waals surface area (Å²) < 4.78 is 5.85. The van der Waals surface area contributed by atoms with Gasteiger partial charge in [-0.25, -0.2) is 0 Å². The van der Waals surface area contributed by atoms with E-state index in [-0.39, 0.29) is 5.91 Å². The van der Waals surface area contributed by atoms with Gasteiger partial charge in [0.1, 0.15) is 5.75 Å². The van der Waals surface area contributed by atoms with Gasteiger partial charge in [-0.3, -0.25) is 4.79 Å². The number of amides is 1. The van der Waals surface area contributed by atoms with Crippen LogP contribution in [0.1, 0.15) is 23.6 Å². The van der Waals surface area contributed by atoms with Gasteiger partial charge in [-0.2, -0.15) is 0 Å². The number of carbonyl (C=O) groups excluding carboxylic acids is 1. The minimum Gasteiger partial charge on any atom is -0.481 e. The second-order valence-corrected chi connectivity index (χ2v) is 6.39. The molecule has 0 heterocycles. The fraction of sp³-hybridized carbons (Fsp3) is 0.227. The smallest absolute Gasteiger partial charge is 0.261 e. The normalized spacial score (nSPS) is 12.0. The van der Waals surface area contributed by atoms with Gasteiger partial charge in [0.05, 0.1) is 0 Å². The summed E-state index contributed by atoms with van der Waals surface area (Å²) >= 11 is 0. The van der Waals surface area contributed by atoms with Crippen LogP contribution in [0.3, 0.4) is 0 Å². The maximum atomic E-state index is 12.4. The molecule has 0 aliphatic rings. The van der Waals surface area contributed by atoms with Crippen molar-refractivity contribution in [1.29, 1.82) is 0 Å². The molecule has 0 aromatic heterocycles. The molecular weight excluding hydrogens is 310 g/mol. The fourth-order valence-electron chi connectivity index (χ4n) is 2.85. The van der Waals surface area contributed by atoms with Crippen molar-refractivity contribution in [1.82, 2.24) is 5.32 Å². The topological polar surface area (TPSA) is 38.3 Å². The van der Waals surface area contributed by atoms with Crippen LogP contribution in [-0.2, 0) is 11.3 Å². The lowest BCUT2D eigenvalue weighted by Crippen LogP contribution is -2.36. The van der Waals surface area contributed by atoms with Gasteiger partial charge in [-0.05, 0) is 54.3 Å². The molecule has 0 radical (unpaired) electrons. The SMILES string of the molecule is Cc1ccc(C)c(OC(C)C(=O)NCc2cccc3ccccc23)c1. The van der Waals surface area contributed by atoms with Crippen LogP contribution in [0.2, 0.25) is 0 Å². The van der Waals surface area contributed by atoms with Crippen LogP contribution in [0.15, 0.2) is 60.7 Å². The van der Waals surface area contributed by atoms with Crippen molar-refractivity contribution in [3.8, 4) is 5.75 Å². The summed E-state index contributed by atoms with van der Waals surface area (Å²) in [5.41, 5.74) is 3.24. The van der Waals surface area contributed by atoms with Crippen LogP contribution in [0.5, 0.6) is 5.75 Å². The third-order valence-corrected chi connectivity index (χ3v) is 4.35. The third-order valence-electron chi connectivity index (χ3n) is 4.35. The number of hydrogen-bond acceptors (Lipinski definition) is 2. The Morgan fingerprint density at radius 3 is 2.64 bits per heavy atom. The highest BCUT2D eigenvalue weighted by molar-refractivity contribution is 5.86. The molecule has 3 nitrogen and oxygen atoms in total. The van der Waals surface area contributed by atoms with E-state index in [0.29, 0.717) is 6.54 Å². The van der Waals surface area contributed by atoms with E-state index in [1.165, 1.54) is 5.39 Å². The van der Waals surface area contributed by atoms with Crippen molar-refractivity contribution in [3.63, 3.8) is 0 Å². The lowest BCUT2D eigenvalue weighted by atomic mass is 10.0. The molecule has 25 heavy (non-hydrogen) atoms. The van der Waals surface area contributed by atoms with E-state index in [4.69, 9.17) is 4.74 Å². The highest BCUT2D eigenvalue weighted by Crippen LogP contribution is 2.21. The van der Waals surface area contributed by atoms with Crippen LogP contribution in [-0.4, -0.2) is 12.0 Å². The van der Waals surface area contributed by atoms with Crippen LogP contribution < -0.4 is 10.1 Å². The molecule has 1 amide bonds. The van der Waals surface area contributed by atoms with E-state index in [9.17, 15) is 4.79 Å². The highest BCUT2D eigenvalue weighted by Gasteiger charge is 2.15. The van der Waals surface area contributed by atoms with Crippen molar-refractivity contribution in [2.24, 2.45) is 0 Å². The van der Waals surface area contributed by atoms with E-state index < -0.39 is 6.10 Å². The molecule has 0 aliphatic carbocycles. The Labute approximate surface area is 148 Å². The van der Waals surface area contributed by atoms with Crippen molar-refractivity contribution in [3.05, 3.63) is 77.4 Å². The van der Waals surface area contributed by atoms with Crippen molar-refractivity contribution < 1.29 is 9.53 Å². The molecule has 0 saturated carbocycles. The molecule has 0 aliphatic heterocycles. The first-order valence-electron chi connectivity index (χ1n) is 8.53. The molecule has 3 aromatic rings. The Morgan fingerprint density at radius 1 is 1.04 bits per heavy atom. The summed E-state index contributed by atoms with van der Waals surface area (Å²) in [6, 6.07) is 20.3. The lowest BCUT2D eigenvalue weighted by molar-refractivity contribution is -0.127. The van der Waals surface area contributed by atoms with Crippen LogP contribution in [0.25, 0.3) is 10.8 Å². The van der Waals surface area contributed by atoms with E-state index in [0.717, 1.165) is 27.8 Å². The summed E-state index contributed by atoms with van der Waals surface area (Å²) in [5, 5.41) is 5.32. The maximum Gasteiger partial charge on any atom is 0.261 e. The Balaban J connectivity index is 1.66. The summed E-state index contributed by atoms with van der Waals surface area (Å²) in [6.45, 7) is 6.26. The zero-order chi connectivity index (χ0) is 17.8. The van der Waals surface area contributed by atoms with Crippen LogP contribution in [0, 0.1) is 13.8 Å². The molecule has 3 aromatic carbocycles. The largest absolute Gasteiger partial charge is 0.481 e. The average molecular weight is 333 g/mol.